The summed E-state index contributed by atoms with van der Waals surface area (Å²) in [6.07, 6.45) is -26.2. The summed E-state index contributed by atoms with van der Waals surface area (Å²) in [5.41, 5.74) is 0. The van der Waals surface area contributed by atoms with Crippen molar-refractivity contribution in [2.24, 2.45) is 5.92 Å². The van der Waals surface area contributed by atoms with Gasteiger partial charge in [-0.3, -0.25) is 9.59 Å². The van der Waals surface area contributed by atoms with Gasteiger partial charge in [0.05, 0.1) is 38.6 Å². The molecule has 10 unspecified atom stereocenters. The van der Waals surface area contributed by atoms with Crippen molar-refractivity contribution < 1.29 is 98.3 Å². The first-order valence-electron chi connectivity index (χ1n) is 17.3. The zero-order valence-electron chi connectivity index (χ0n) is 30.0. The lowest BCUT2D eigenvalue weighted by molar-refractivity contribution is -0.356. The predicted molar refractivity (Wildman–Crippen MR) is 182 cm³/mol. The fourth-order valence-corrected chi connectivity index (χ4v) is 7.54. The average Bonchev–Trinajstić information content (AvgIpc) is 3.11. The van der Waals surface area contributed by atoms with E-state index >= 15 is 0 Å². The minimum atomic E-state index is -1.86. The van der Waals surface area contributed by atoms with Gasteiger partial charge in [-0.25, -0.2) is 0 Å². The first kappa shape index (κ1) is 45.8. The summed E-state index contributed by atoms with van der Waals surface area (Å²) in [7, 11) is 1.12. The Morgan fingerprint density at radius 1 is 0.611 bits per heavy atom. The minimum absolute atomic E-state index is 0.502. The number of amides is 2. The molecule has 2 amide bonds. The second kappa shape index (κ2) is 20.2. The second-order valence-electron chi connectivity index (χ2n) is 13.7. The summed E-state index contributed by atoms with van der Waals surface area (Å²) in [5, 5.41) is 110. The molecule has 4 saturated heterocycles. The van der Waals surface area contributed by atoms with E-state index in [1.807, 2.05) is 0 Å². The van der Waals surface area contributed by atoms with E-state index in [4.69, 9.17) is 37.7 Å². The van der Waals surface area contributed by atoms with Crippen LogP contribution in [0.4, 0.5) is 0 Å². The van der Waals surface area contributed by atoms with Crippen LogP contribution < -0.4 is 10.6 Å². The molecule has 0 aromatic heterocycles. The maximum Gasteiger partial charge on any atom is 0.217 e. The van der Waals surface area contributed by atoms with Crippen LogP contribution in [0.25, 0.3) is 0 Å². The number of carbonyl (C=O) groups is 2. The first-order chi connectivity index (χ1) is 25.4. The highest BCUT2D eigenvalue weighted by Crippen LogP contribution is 2.45. The molecule has 0 aliphatic carbocycles. The molecule has 22 atom stereocenters. The summed E-state index contributed by atoms with van der Waals surface area (Å²) in [6.45, 7) is 2.97. The van der Waals surface area contributed by atoms with Crippen molar-refractivity contribution in [2.45, 2.75) is 137 Å². The molecule has 4 aliphatic rings. The quantitative estimate of drug-likeness (QED) is 0.0725. The molecule has 22 nitrogen and oxygen atoms in total. The molecule has 4 rings (SSSR count). The number of nitrogens with one attached hydrogen (secondary N) is 2. The van der Waals surface area contributed by atoms with Crippen molar-refractivity contribution in [3.63, 3.8) is 0 Å². The summed E-state index contributed by atoms with van der Waals surface area (Å²) < 4.78 is 46.5. The van der Waals surface area contributed by atoms with E-state index in [0.29, 0.717) is 0 Å². The summed E-state index contributed by atoms with van der Waals surface area (Å²) in [5.74, 6) is -1.82. The van der Waals surface area contributed by atoms with E-state index in [0.717, 1.165) is 6.92 Å². The van der Waals surface area contributed by atoms with Gasteiger partial charge in [0, 0.05) is 27.6 Å². The number of aliphatic hydroxyl groups is 10. The van der Waals surface area contributed by atoms with E-state index in [9.17, 15) is 60.7 Å². The Labute approximate surface area is 313 Å². The van der Waals surface area contributed by atoms with Gasteiger partial charge in [-0.1, -0.05) is 15.9 Å². The highest BCUT2D eigenvalue weighted by atomic mass is 32.0. The topological polar surface area (TPSA) is 334 Å². The molecule has 4 fully saturated rings. The standard InChI is InChI=1S/C30H54N2O20P2/c1-9-12(5-33)46-28(16(18(9)38)31-10(2)36)51-26-23(43)20(40)15(49-30(26)52-54(4)53)8-45-27-17(32-11(3)37)21(41)25(14(7-35)48-27)50-29-24(44)22(42)19(39)13(6-34)47-29/h9,12-30,33-35,38-44H,5-8,53H2,1-4H3,(H,31,36)(H,32,37)/t9-,12?,13?,14?,15?,16?,17?,18+,19+,20-,21-,22+,23+,24?,25-,26?,27-,28+,29+,30-,54?/m1/s1. The SMILES string of the molecule is CC(=O)NC1[C@H](OC2[C@@H](OP(C)P)OC(CO[C@@H]3OC(CO)[C@@H](O[C@@H]4OC(CO)[C@H](O)[C@H](O)C4O)[C@H](O)C3NC(C)=O)[C@@H](O)[C@@H]2O)OC(CO)[C@@H](C)[C@@H]1O. The number of ether oxygens (including phenoxy) is 7. The Kier molecular flexibility index (Phi) is 17.1. The zero-order chi connectivity index (χ0) is 40.2. The molecule has 0 saturated carbocycles. The third-order valence-corrected chi connectivity index (χ3v) is 10.5. The number of hydrogen-bond acceptors (Lipinski definition) is 20. The van der Waals surface area contributed by atoms with Gasteiger partial charge in [0.15, 0.2) is 25.2 Å². The molecule has 314 valence electrons. The predicted octanol–water partition coefficient (Wildman–Crippen LogP) is -6.34. The van der Waals surface area contributed by atoms with Crippen LogP contribution in [-0.4, -0.2) is 213 Å². The maximum absolute atomic E-state index is 12.2. The Morgan fingerprint density at radius 3 is 1.67 bits per heavy atom. The van der Waals surface area contributed by atoms with Gasteiger partial charge in [0.1, 0.15) is 79.2 Å². The molecule has 0 aromatic rings. The van der Waals surface area contributed by atoms with Crippen molar-refractivity contribution in [1.29, 1.82) is 0 Å². The van der Waals surface area contributed by atoms with Crippen LogP contribution in [0, 0.1) is 5.92 Å². The molecular weight excluding hydrogens is 770 g/mol. The van der Waals surface area contributed by atoms with Gasteiger partial charge in [0.2, 0.25) is 11.8 Å². The number of hydrogen-bond donors (Lipinski definition) is 12. The van der Waals surface area contributed by atoms with E-state index in [-0.39, 0.29) is 0 Å². The average molecular weight is 825 g/mol. The molecule has 4 aliphatic heterocycles. The molecule has 12 N–H and O–H groups in total. The Bertz CT molecular complexity index is 1210. The van der Waals surface area contributed by atoms with Crippen LogP contribution in [0.1, 0.15) is 20.8 Å². The van der Waals surface area contributed by atoms with Gasteiger partial charge in [-0.15, -0.1) is 0 Å². The maximum atomic E-state index is 12.2. The number of rotatable bonds is 14. The first-order valence-corrected chi connectivity index (χ1v) is 20.6. The highest BCUT2D eigenvalue weighted by Gasteiger charge is 2.54. The van der Waals surface area contributed by atoms with Gasteiger partial charge in [-0.05, 0) is 6.66 Å². The van der Waals surface area contributed by atoms with Crippen LogP contribution in [0.3, 0.4) is 0 Å². The minimum Gasteiger partial charge on any atom is -0.394 e. The van der Waals surface area contributed by atoms with Crippen LogP contribution in [0.15, 0.2) is 0 Å². The van der Waals surface area contributed by atoms with Crippen molar-refractivity contribution in [1.82, 2.24) is 10.6 Å². The molecule has 0 spiro atoms. The molecule has 0 aromatic carbocycles. The Balaban J connectivity index is 1.50. The Hall–Kier alpha value is -0.920. The van der Waals surface area contributed by atoms with Gasteiger partial charge < -0.3 is 99.4 Å². The third kappa shape index (κ3) is 10.6. The normalized spacial score (nSPS) is 46.4. The van der Waals surface area contributed by atoms with Crippen molar-refractivity contribution in [2.75, 3.05) is 33.1 Å². The van der Waals surface area contributed by atoms with Crippen molar-refractivity contribution in [3.8, 4) is 0 Å². The van der Waals surface area contributed by atoms with Gasteiger partial charge >= 0.3 is 0 Å². The lowest BCUT2D eigenvalue weighted by atomic mass is 9.89. The fourth-order valence-electron chi connectivity index (χ4n) is 6.68. The fraction of sp³-hybridized carbons (Fsp3) is 0.933. The summed E-state index contributed by atoms with van der Waals surface area (Å²) >= 11 is 0. The van der Waals surface area contributed by atoms with E-state index in [1.54, 1.807) is 13.6 Å². The molecule has 24 heteroatoms. The largest absolute Gasteiger partial charge is 0.394 e. The van der Waals surface area contributed by atoms with Gasteiger partial charge in [-0.2, -0.15) is 0 Å². The lowest BCUT2D eigenvalue weighted by Crippen LogP contribution is -2.68. The zero-order valence-corrected chi connectivity index (χ0v) is 32.0. The molecule has 0 bridgehead atoms. The van der Waals surface area contributed by atoms with Gasteiger partial charge in [0.25, 0.3) is 0 Å². The van der Waals surface area contributed by atoms with E-state index < -0.39 is 169 Å². The van der Waals surface area contributed by atoms with E-state index in [1.165, 1.54) is 6.92 Å². The molecule has 0 radical (unpaired) electrons. The van der Waals surface area contributed by atoms with Crippen LogP contribution >= 0.6 is 16.8 Å². The monoisotopic (exact) mass is 824 g/mol. The van der Waals surface area contributed by atoms with Crippen molar-refractivity contribution >= 4 is 28.6 Å². The third-order valence-electron chi connectivity index (χ3n) is 9.64. The summed E-state index contributed by atoms with van der Waals surface area (Å²) in [4.78, 5) is 24.2. The second-order valence-corrected chi connectivity index (χ2v) is 17.1. The highest BCUT2D eigenvalue weighted by molar-refractivity contribution is 8.10. The number of aliphatic hydroxyl groups excluding tert-OH is 10. The van der Waals surface area contributed by atoms with E-state index in [2.05, 4.69) is 19.6 Å². The molecular formula is C30H54N2O20P2. The molecule has 54 heavy (non-hydrogen) atoms. The summed E-state index contributed by atoms with van der Waals surface area (Å²) in [6, 6.07) is -2.59. The van der Waals surface area contributed by atoms with Crippen LogP contribution in [0.2, 0.25) is 0 Å². The lowest BCUT2D eigenvalue weighted by Gasteiger charge is -2.48. The van der Waals surface area contributed by atoms with Crippen LogP contribution in [-0.2, 0) is 47.3 Å². The smallest absolute Gasteiger partial charge is 0.217 e. The van der Waals surface area contributed by atoms with Crippen molar-refractivity contribution in [3.05, 3.63) is 0 Å². The molecule has 4 heterocycles. The number of carbonyl (C=O) groups excluding carboxylic acids is 2. The Morgan fingerprint density at radius 2 is 1.11 bits per heavy atom. The van der Waals surface area contributed by atoms with Crippen LogP contribution in [0.5, 0.6) is 0 Å².